The molecule has 0 radical (unpaired) electrons. The van der Waals surface area contributed by atoms with Crippen LogP contribution in [0, 0.1) is 18.7 Å². The Morgan fingerprint density at radius 3 is 2.50 bits per heavy atom. The molecule has 1 saturated heterocycles. The molecule has 7 heteroatoms. The number of aromatic amines is 1. The Bertz CT molecular complexity index is 917. The fourth-order valence-electron chi connectivity index (χ4n) is 3.76. The van der Waals surface area contributed by atoms with Gasteiger partial charge in [0.1, 0.15) is 12.0 Å². The van der Waals surface area contributed by atoms with Gasteiger partial charge in [-0.15, -0.1) is 0 Å². The summed E-state index contributed by atoms with van der Waals surface area (Å²) >= 11 is 0. The maximum Gasteiger partial charge on any atom is 0.256 e. The minimum atomic E-state index is -0.634. The molecule has 2 N–H and O–H groups in total. The second-order valence-corrected chi connectivity index (χ2v) is 7.84. The Hall–Kier alpha value is -2.25. The standard InChI is InChI=1S/C21H28FN3O3/c1-13(2)21(28)25-8-6-24(7-9-25)19(26)5-4-16-12-17-14(3)10-15(22)11-18(17)20(27)23-16/h10-13,19,26H,4-9H2,1-3H3,(H,23,27). The fourth-order valence-corrected chi connectivity index (χ4v) is 3.76. The second-order valence-electron chi connectivity index (χ2n) is 7.84. The van der Waals surface area contributed by atoms with E-state index in [2.05, 4.69) is 4.98 Å². The van der Waals surface area contributed by atoms with Crippen molar-refractivity contribution in [2.45, 2.75) is 39.8 Å². The van der Waals surface area contributed by atoms with E-state index in [1.165, 1.54) is 12.1 Å². The zero-order valence-electron chi connectivity index (χ0n) is 16.7. The van der Waals surface area contributed by atoms with E-state index >= 15 is 0 Å². The normalized spacial score (nSPS) is 16.7. The number of fused-ring (bicyclic) bond motifs is 1. The van der Waals surface area contributed by atoms with Crippen molar-refractivity contribution in [3.8, 4) is 0 Å². The summed E-state index contributed by atoms with van der Waals surface area (Å²) in [7, 11) is 0. The number of nitrogens with one attached hydrogen (secondary N) is 1. The number of hydrogen-bond donors (Lipinski definition) is 2. The Balaban J connectivity index is 1.62. The number of benzene rings is 1. The molecule has 2 aromatic rings. The summed E-state index contributed by atoms with van der Waals surface area (Å²) in [6.45, 7) is 8.06. The van der Waals surface area contributed by atoms with Crippen LogP contribution in [0.1, 0.15) is 31.5 Å². The largest absolute Gasteiger partial charge is 0.378 e. The van der Waals surface area contributed by atoms with Crippen molar-refractivity contribution in [2.75, 3.05) is 26.2 Å². The molecule has 0 aliphatic carbocycles. The number of aliphatic hydroxyl groups is 1. The topological polar surface area (TPSA) is 76.6 Å². The number of pyridine rings is 1. The van der Waals surface area contributed by atoms with Gasteiger partial charge in [-0.1, -0.05) is 13.8 Å². The molecule has 28 heavy (non-hydrogen) atoms. The lowest BCUT2D eigenvalue weighted by molar-refractivity contribution is -0.138. The van der Waals surface area contributed by atoms with Crippen LogP contribution >= 0.6 is 0 Å². The first-order valence-electron chi connectivity index (χ1n) is 9.79. The third-order valence-electron chi connectivity index (χ3n) is 5.40. The van der Waals surface area contributed by atoms with Crippen molar-refractivity contribution < 1.29 is 14.3 Å². The van der Waals surface area contributed by atoms with Gasteiger partial charge in [-0.25, -0.2) is 4.39 Å². The first-order chi connectivity index (χ1) is 13.3. The second kappa shape index (κ2) is 8.41. The van der Waals surface area contributed by atoms with Crippen LogP contribution in [0.15, 0.2) is 23.0 Å². The first kappa shape index (κ1) is 20.5. The molecular formula is C21H28FN3O3. The van der Waals surface area contributed by atoms with Crippen molar-refractivity contribution in [3.05, 3.63) is 45.6 Å². The number of carbonyl (C=O) groups excluding carboxylic acids is 1. The van der Waals surface area contributed by atoms with Crippen LogP contribution in [0.4, 0.5) is 4.39 Å². The lowest BCUT2D eigenvalue weighted by atomic mass is 10.0. The van der Waals surface area contributed by atoms with Crippen molar-refractivity contribution in [1.29, 1.82) is 0 Å². The van der Waals surface area contributed by atoms with Gasteiger partial charge in [0, 0.05) is 37.8 Å². The van der Waals surface area contributed by atoms with Gasteiger partial charge >= 0.3 is 0 Å². The molecule has 1 unspecified atom stereocenters. The highest BCUT2D eigenvalue weighted by Crippen LogP contribution is 2.19. The van der Waals surface area contributed by atoms with Crippen molar-refractivity contribution >= 4 is 16.7 Å². The van der Waals surface area contributed by atoms with E-state index in [0.717, 1.165) is 11.1 Å². The SMILES string of the molecule is Cc1cc(F)cc2c(=O)[nH]c(CCC(O)N3CCN(C(=O)C(C)C)CC3)cc12. The first-order valence-corrected chi connectivity index (χ1v) is 9.79. The van der Waals surface area contributed by atoms with Crippen molar-refractivity contribution in [1.82, 2.24) is 14.8 Å². The summed E-state index contributed by atoms with van der Waals surface area (Å²) in [4.78, 5) is 30.9. The number of H-pyrrole nitrogens is 1. The number of halogens is 1. The minimum absolute atomic E-state index is 0.0156. The lowest BCUT2D eigenvalue weighted by Gasteiger charge is -2.38. The number of aryl methyl sites for hydroxylation is 2. The van der Waals surface area contributed by atoms with E-state index in [1.54, 1.807) is 6.92 Å². The van der Waals surface area contributed by atoms with Gasteiger partial charge in [-0.3, -0.25) is 14.5 Å². The fraction of sp³-hybridized carbons (Fsp3) is 0.524. The molecular weight excluding hydrogens is 361 g/mol. The van der Waals surface area contributed by atoms with Gasteiger partial charge < -0.3 is 15.0 Å². The number of amides is 1. The van der Waals surface area contributed by atoms with Crippen molar-refractivity contribution in [2.24, 2.45) is 5.92 Å². The average Bonchev–Trinajstić information content (AvgIpc) is 2.66. The van der Waals surface area contributed by atoms with Crippen LogP contribution in [-0.2, 0) is 11.2 Å². The van der Waals surface area contributed by atoms with Crippen LogP contribution < -0.4 is 5.56 Å². The summed E-state index contributed by atoms with van der Waals surface area (Å²) in [6.07, 6.45) is 0.346. The van der Waals surface area contributed by atoms with E-state index in [4.69, 9.17) is 0 Å². The Kier molecular flexibility index (Phi) is 6.15. The minimum Gasteiger partial charge on any atom is -0.378 e. The van der Waals surface area contributed by atoms with E-state index < -0.39 is 12.0 Å². The van der Waals surface area contributed by atoms with E-state index in [-0.39, 0.29) is 17.4 Å². The van der Waals surface area contributed by atoms with Crippen LogP contribution in [0.5, 0.6) is 0 Å². The third-order valence-corrected chi connectivity index (χ3v) is 5.40. The Labute approximate surface area is 164 Å². The maximum atomic E-state index is 13.5. The van der Waals surface area contributed by atoms with Gasteiger partial charge in [0.2, 0.25) is 5.91 Å². The number of nitrogens with zero attached hydrogens (tertiary/aromatic N) is 2. The molecule has 1 aromatic heterocycles. The monoisotopic (exact) mass is 389 g/mol. The van der Waals surface area contributed by atoms with E-state index in [0.29, 0.717) is 50.0 Å². The molecule has 3 rings (SSSR count). The van der Waals surface area contributed by atoms with Crippen molar-refractivity contribution in [3.63, 3.8) is 0 Å². The molecule has 0 spiro atoms. The zero-order valence-corrected chi connectivity index (χ0v) is 16.7. The number of piperazine rings is 1. The molecule has 0 bridgehead atoms. The molecule has 152 valence electrons. The van der Waals surface area contributed by atoms with Crippen LogP contribution in [0.2, 0.25) is 0 Å². The molecule has 0 saturated carbocycles. The summed E-state index contributed by atoms with van der Waals surface area (Å²) < 4.78 is 13.5. The van der Waals surface area contributed by atoms with Gasteiger partial charge in [0.05, 0.1) is 5.39 Å². The maximum absolute atomic E-state index is 13.5. The number of carbonyl (C=O) groups is 1. The van der Waals surface area contributed by atoms with Crippen LogP contribution in [0.3, 0.4) is 0 Å². The van der Waals surface area contributed by atoms with Crippen LogP contribution in [0.25, 0.3) is 10.8 Å². The summed E-state index contributed by atoms with van der Waals surface area (Å²) in [5.41, 5.74) is 1.12. The number of aliphatic hydroxyl groups excluding tert-OH is 1. The zero-order chi connectivity index (χ0) is 20.4. The predicted molar refractivity (Wildman–Crippen MR) is 107 cm³/mol. The van der Waals surface area contributed by atoms with Gasteiger partial charge in [-0.05, 0) is 48.9 Å². The Morgan fingerprint density at radius 2 is 1.86 bits per heavy atom. The van der Waals surface area contributed by atoms with E-state index in [9.17, 15) is 19.1 Å². The highest BCUT2D eigenvalue weighted by Gasteiger charge is 2.26. The smallest absolute Gasteiger partial charge is 0.256 e. The molecule has 1 atom stereocenters. The molecule has 2 heterocycles. The quantitative estimate of drug-likeness (QED) is 0.820. The predicted octanol–water partition coefficient (Wildman–Crippen LogP) is 2.03. The summed E-state index contributed by atoms with van der Waals surface area (Å²) in [5.74, 6) is -0.290. The lowest BCUT2D eigenvalue weighted by Crippen LogP contribution is -2.52. The molecule has 1 aliphatic rings. The molecule has 1 aromatic carbocycles. The average molecular weight is 389 g/mol. The van der Waals surface area contributed by atoms with Gasteiger partial charge in [0.25, 0.3) is 5.56 Å². The summed E-state index contributed by atoms with van der Waals surface area (Å²) in [6, 6.07) is 4.52. The van der Waals surface area contributed by atoms with E-state index in [1.807, 2.05) is 29.7 Å². The molecule has 1 fully saturated rings. The van der Waals surface area contributed by atoms with Gasteiger partial charge in [-0.2, -0.15) is 0 Å². The van der Waals surface area contributed by atoms with Crippen LogP contribution in [-0.4, -0.2) is 58.2 Å². The Morgan fingerprint density at radius 1 is 1.18 bits per heavy atom. The highest BCUT2D eigenvalue weighted by molar-refractivity contribution is 5.85. The number of hydrogen-bond acceptors (Lipinski definition) is 4. The molecule has 1 aliphatic heterocycles. The summed E-state index contributed by atoms with van der Waals surface area (Å²) in [5, 5.41) is 11.6. The van der Waals surface area contributed by atoms with Gasteiger partial charge in [0.15, 0.2) is 0 Å². The highest BCUT2D eigenvalue weighted by atomic mass is 19.1. The third kappa shape index (κ3) is 4.42. The molecule has 6 nitrogen and oxygen atoms in total. The number of aromatic nitrogens is 1. The molecule has 1 amide bonds. The number of rotatable bonds is 5.